The standard InChI is InChI=1S/C19H16N4O3/c24-17-6-5-14-3-1-2-4-15(14)16(17)12-22-23-19(26)18(25)21-11-13-7-9-20-10-8-13/h1-10,12,24H,11H2,(H,21,25)(H,23,26)/b22-12-. The van der Waals surface area contributed by atoms with Gasteiger partial charge in [-0.1, -0.05) is 30.3 Å². The van der Waals surface area contributed by atoms with Gasteiger partial charge in [-0.05, 0) is 34.5 Å². The summed E-state index contributed by atoms with van der Waals surface area (Å²) in [5.41, 5.74) is 3.44. The average Bonchev–Trinajstić information content (AvgIpc) is 2.68. The normalized spacial score (nSPS) is 10.8. The van der Waals surface area contributed by atoms with Gasteiger partial charge in [0.05, 0.1) is 6.21 Å². The molecule has 0 fully saturated rings. The van der Waals surface area contributed by atoms with E-state index in [0.29, 0.717) is 5.56 Å². The number of pyridine rings is 1. The number of hydrogen-bond donors (Lipinski definition) is 3. The molecule has 7 heteroatoms. The van der Waals surface area contributed by atoms with E-state index in [0.717, 1.165) is 16.3 Å². The minimum atomic E-state index is -0.893. The van der Waals surface area contributed by atoms with Gasteiger partial charge in [0.1, 0.15) is 5.75 Å². The number of nitrogens with one attached hydrogen (secondary N) is 2. The molecule has 3 rings (SSSR count). The van der Waals surface area contributed by atoms with E-state index in [1.165, 1.54) is 6.21 Å². The van der Waals surface area contributed by atoms with Crippen molar-refractivity contribution in [3.8, 4) is 5.75 Å². The summed E-state index contributed by atoms with van der Waals surface area (Å²) >= 11 is 0. The quantitative estimate of drug-likeness (QED) is 0.379. The molecule has 0 aliphatic carbocycles. The molecule has 3 N–H and O–H groups in total. The maximum atomic E-state index is 11.8. The van der Waals surface area contributed by atoms with Gasteiger partial charge < -0.3 is 10.4 Å². The zero-order valence-corrected chi connectivity index (χ0v) is 13.7. The number of aromatic nitrogens is 1. The lowest BCUT2D eigenvalue weighted by Crippen LogP contribution is -2.37. The summed E-state index contributed by atoms with van der Waals surface area (Å²) in [7, 11) is 0. The first-order valence-electron chi connectivity index (χ1n) is 7.86. The summed E-state index contributed by atoms with van der Waals surface area (Å²) < 4.78 is 0. The molecule has 0 bridgehead atoms. The summed E-state index contributed by atoms with van der Waals surface area (Å²) in [4.78, 5) is 27.4. The van der Waals surface area contributed by atoms with E-state index in [9.17, 15) is 14.7 Å². The zero-order valence-electron chi connectivity index (χ0n) is 13.7. The zero-order chi connectivity index (χ0) is 18.4. The van der Waals surface area contributed by atoms with Crippen LogP contribution >= 0.6 is 0 Å². The lowest BCUT2D eigenvalue weighted by atomic mass is 10.0. The van der Waals surface area contributed by atoms with Crippen molar-refractivity contribution >= 4 is 28.8 Å². The Kier molecular flexibility index (Phi) is 5.19. The lowest BCUT2D eigenvalue weighted by molar-refractivity contribution is -0.139. The fourth-order valence-electron chi connectivity index (χ4n) is 2.39. The average molecular weight is 348 g/mol. The Morgan fingerprint density at radius 3 is 2.62 bits per heavy atom. The van der Waals surface area contributed by atoms with E-state index in [1.54, 1.807) is 36.7 Å². The van der Waals surface area contributed by atoms with Crippen LogP contribution in [0.5, 0.6) is 5.75 Å². The number of carbonyl (C=O) groups excluding carboxylic acids is 2. The van der Waals surface area contributed by atoms with E-state index in [4.69, 9.17) is 0 Å². The van der Waals surface area contributed by atoms with Gasteiger partial charge in [-0.3, -0.25) is 14.6 Å². The molecule has 0 atom stereocenters. The number of nitrogens with zero attached hydrogens (tertiary/aromatic N) is 2. The highest BCUT2D eigenvalue weighted by Gasteiger charge is 2.12. The van der Waals surface area contributed by atoms with Crippen LogP contribution in [-0.2, 0) is 16.1 Å². The molecule has 0 saturated heterocycles. The predicted molar refractivity (Wildman–Crippen MR) is 97.4 cm³/mol. The number of phenols is 1. The fraction of sp³-hybridized carbons (Fsp3) is 0.0526. The van der Waals surface area contributed by atoms with E-state index in [-0.39, 0.29) is 12.3 Å². The third-order valence-electron chi connectivity index (χ3n) is 3.72. The highest BCUT2D eigenvalue weighted by atomic mass is 16.3. The lowest BCUT2D eigenvalue weighted by Gasteiger charge is -2.05. The molecule has 0 unspecified atom stereocenters. The van der Waals surface area contributed by atoms with Crippen LogP contribution in [0.1, 0.15) is 11.1 Å². The highest BCUT2D eigenvalue weighted by Crippen LogP contribution is 2.25. The molecule has 7 nitrogen and oxygen atoms in total. The van der Waals surface area contributed by atoms with Gasteiger partial charge in [0.2, 0.25) is 0 Å². The van der Waals surface area contributed by atoms with Gasteiger partial charge in [0.15, 0.2) is 0 Å². The molecule has 0 aliphatic heterocycles. The second kappa shape index (κ2) is 7.89. The number of hydrogen-bond acceptors (Lipinski definition) is 5. The van der Waals surface area contributed by atoms with Gasteiger partial charge in [0.25, 0.3) is 0 Å². The van der Waals surface area contributed by atoms with Crippen LogP contribution in [0.25, 0.3) is 10.8 Å². The highest BCUT2D eigenvalue weighted by molar-refractivity contribution is 6.35. The maximum Gasteiger partial charge on any atom is 0.329 e. The second-order valence-corrected chi connectivity index (χ2v) is 5.46. The summed E-state index contributed by atoms with van der Waals surface area (Å²) in [5, 5.41) is 18.0. The van der Waals surface area contributed by atoms with Gasteiger partial charge in [-0.2, -0.15) is 5.10 Å². The fourth-order valence-corrected chi connectivity index (χ4v) is 2.39. The molecular weight excluding hydrogens is 332 g/mol. The van der Waals surface area contributed by atoms with Gasteiger partial charge >= 0.3 is 11.8 Å². The Morgan fingerprint density at radius 2 is 1.81 bits per heavy atom. The molecule has 0 radical (unpaired) electrons. The van der Waals surface area contributed by atoms with Crippen LogP contribution in [0.3, 0.4) is 0 Å². The van der Waals surface area contributed by atoms with Crippen molar-refractivity contribution in [3.05, 3.63) is 72.1 Å². The molecule has 0 saturated carbocycles. The summed E-state index contributed by atoms with van der Waals surface area (Å²) in [5.74, 6) is -1.67. The third-order valence-corrected chi connectivity index (χ3v) is 3.72. The Balaban J connectivity index is 1.62. The monoisotopic (exact) mass is 348 g/mol. The number of rotatable bonds is 4. The topological polar surface area (TPSA) is 104 Å². The number of aromatic hydroxyl groups is 1. The van der Waals surface area contributed by atoms with Crippen LogP contribution in [-0.4, -0.2) is 28.1 Å². The summed E-state index contributed by atoms with van der Waals surface area (Å²) in [6.07, 6.45) is 4.51. The number of fused-ring (bicyclic) bond motifs is 1. The van der Waals surface area contributed by atoms with Crippen LogP contribution < -0.4 is 10.7 Å². The smallest absolute Gasteiger partial charge is 0.329 e. The van der Waals surface area contributed by atoms with Crippen LogP contribution in [0.4, 0.5) is 0 Å². The first-order valence-corrected chi connectivity index (χ1v) is 7.86. The van der Waals surface area contributed by atoms with Crippen molar-refractivity contribution in [3.63, 3.8) is 0 Å². The van der Waals surface area contributed by atoms with E-state index in [1.807, 2.05) is 24.3 Å². The van der Waals surface area contributed by atoms with Crippen molar-refractivity contribution in [2.24, 2.45) is 5.10 Å². The van der Waals surface area contributed by atoms with Crippen molar-refractivity contribution in [2.75, 3.05) is 0 Å². The van der Waals surface area contributed by atoms with Gasteiger partial charge in [0, 0.05) is 24.5 Å². The van der Waals surface area contributed by atoms with Crippen molar-refractivity contribution in [2.45, 2.75) is 6.54 Å². The predicted octanol–water partition coefficient (Wildman–Crippen LogP) is 1.71. The van der Waals surface area contributed by atoms with E-state index in [2.05, 4.69) is 20.8 Å². The van der Waals surface area contributed by atoms with Crippen molar-refractivity contribution in [1.29, 1.82) is 0 Å². The minimum Gasteiger partial charge on any atom is -0.507 e. The molecule has 2 amide bonds. The first kappa shape index (κ1) is 17.1. The largest absolute Gasteiger partial charge is 0.507 e. The Morgan fingerprint density at radius 1 is 1.04 bits per heavy atom. The molecule has 3 aromatic rings. The van der Waals surface area contributed by atoms with Crippen LogP contribution in [0.2, 0.25) is 0 Å². The van der Waals surface area contributed by atoms with Gasteiger partial charge in [-0.25, -0.2) is 5.43 Å². The Hall–Kier alpha value is -3.74. The number of carbonyl (C=O) groups is 2. The molecule has 130 valence electrons. The first-order chi connectivity index (χ1) is 12.6. The number of phenolic OH excluding ortho intramolecular Hbond substituents is 1. The van der Waals surface area contributed by atoms with Gasteiger partial charge in [-0.15, -0.1) is 0 Å². The van der Waals surface area contributed by atoms with Crippen molar-refractivity contribution in [1.82, 2.24) is 15.7 Å². The summed E-state index contributed by atoms with van der Waals surface area (Å²) in [6.45, 7) is 0.211. The molecule has 0 aliphatic rings. The number of benzene rings is 2. The third kappa shape index (κ3) is 4.02. The second-order valence-electron chi connectivity index (χ2n) is 5.46. The SMILES string of the molecule is O=C(NCc1ccncc1)C(=O)N/N=C\c1c(O)ccc2ccccc12. The molecule has 2 aromatic carbocycles. The Labute approximate surface area is 149 Å². The molecular formula is C19H16N4O3. The molecule has 0 spiro atoms. The van der Waals surface area contributed by atoms with Crippen LogP contribution in [0.15, 0.2) is 66.0 Å². The maximum absolute atomic E-state index is 11.8. The molecule has 26 heavy (non-hydrogen) atoms. The van der Waals surface area contributed by atoms with Crippen molar-refractivity contribution < 1.29 is 14.7 Å². The minimum absolute atomic E-state index is 0.0313. The molecule has 1 heterocycles. The Bertz CT molecular complexity index is 971. The number of hydrazone groups is 1. The van der Waals surface area contributed by atoms with E-state index >= 15 is 0 Å². The number of amides is 2. The summed E-state index contributed by atoms with van der Waals surface area (Å²) in [6, 6.07) is 14.3. The van der Waals surface area contributed by atoms with E-state index < -0.39 is 11.8 Å². The van der Waals surface area contributed by atoms with Crippen LogP contribution in [0, 0.1) is 0 Å². The molecule has 1 aromatic heterocycles.